The molecule has 0 amide bonds. The van der Waals surface area contributed by atoms with E-state index in [0.717, 1.165) is 16.3 Å². The van der Waals surface area contributed by atoms with Crippen LogP contribution in [0.2, 0.25) is 5.02 Å². The van der Waals surface area contributed by atoms with E-state index in [1.54, 1.807) is 6.07 Å². The largest absolute Gasteiger partial charge is 0.381 e. The van der Waals surface area contributed by atoms with Crippen LogP contribution in [-0.4, -0.2) is 5.84 Å². The maximum Gasteiger partial charge on any atom is 0.176 e. The monoisotopic (exact) mass is 287 g/mol. The molecular formula is C14H14ClN5. The SMILES string of the molecule is N=C(N=NN)c1cccc(NCc2ccc(Cl)cc2)c1. The number of rotatable bonds is 4. The maximum absolute atomic E-state index is 7.66. The van der Waals surface area contributed by atoms with E-state index < -0.39 is 0 Å². The zero-order chi connectivity index (χ0) is 14.4. The Morgan fingerprint density at radius 1 is 1.20 bits per heavy atom. The van der Waals surface area contributed by atoms with Gasteiger partial charge in [0.15, 0.2) is 5.84 Å². The third-order valence-corrected chi connectivity index (χ3v) is 2.96. The van der Waals surface area contributed by atoms with Gasteiger partial charge in [0.1, 0.15) is 0 Å². The highest BCUT2D eigenvalue weighted by atomic mass is 35.5. The lowest BCUT2D eigenvalue weighted by Gasteiger charge is -2.08. The highest BCUT2D eigenvalue weighted by Crippen LogP contribution is 2.14. The fourth-order valence-electron chi connectivity index (χ4n) is 1.70. The average Bonchev–Trinajstić information content (AvgIpc) is 2.47. The lowest BCUT2D eigenvalue weighted by Crippen LogP contribution is -2.01. The first-order valence-corrected chi connectivity index (χ1v) is 6.35. The molecule has 2 aromatic carbocycles. The molecule has 5 nitrogen and oxygen atoms in total. The Labute approximate surface area is 122 Å². The molecule has 0 saturated carbocycles. The van der Waals surface area contributed by atoms with Crippen molar-refractivity contribution < 1.29 is 0 Å². The van der Waals surface area contributed by atoms with Crippen molar-refractivity contribution in [2.75, 3.05) is 5.32 Å². The number of nitrogens with two attached hydrogens (primary N) is 1. The molecule has 0 spiro atoms. The Morgan fingerprint density at radius 3 is 2.65 bits per heavy atom. The van der Waals surface area contributed by atoms with Crippen molar-refractivity contribution in [1.82, 2.24) is 0 Å². The minimum atomic E-state index is 0.0302. The summed E-state index contributed by atoms with van der Waals surface area (Å²) in [6.07, 6.45) is 0. The van der Waals surface area contributed by atoms with E-state index in [1.165, 1.54) is 0 Å². The Bertz CT molecular complexity index is 622. The van der Waals surface area contributed by atoms with Gasteiger partial charge in [-0.15, -0.1) is 5.11 Å². The summed E-state index contributed by atoms with van der Waals surface area (Å²) in [5.74, 6) is 4.97. The third-order valence-electron chi connectivity index (χ3n) is 2.70. The predicted molar refractivity (Wildman–Crippen MR) is 81.1 cm³/mol. The second-order valence-corrected chi connectivity index (χ2v) is 4.56. The van der Waals surface area contributed by atoms with Gasteiger partial charge in [0.2, 0.25) is 0 Å². The van der Waals surface area contributed by atoms with Crippen LogP contribution in [0.3, 0.4) is 0 Å². The second-order valence-electron chi connectivity index (χ2n) is 4.12. The van der Waals surface area contributed by atoms with Gasteiger partial charge in [-0.1, -0.05) is 41.1 Å². The number of benzene rings is 2. The summed E-state index contributed by atoms with van der Waals surface area (Å²) < 4.78 is 0. The Kier molecular flexibility index (Phi) is 4.68. The molecule has 0 aliphatic heterocycles. The van der Waals surface area contributed by atoms with E-state index in [9.17, 15) is 0 Å². The van der Waals surface area contributed by atoms with Crippen LogP contribution in [-0.2, 0) is 6.54 Å². The van der Waals surface area contributed by atoms with Crippen molar-refractivity contribution in [1.29, 1.82) is 5.41 Å². The van der Waals surface area contributed by atoms with Gasteiger partial charge in [0.05, 0.1) is 0 Å². The molecule has 0 atom stereocenters. The van der Waals surface area contributed by atoms with Crippen molar-refractivity contribution in [2.45, 2.75) is 6.54 Å². The highest BCUT2D eigenvalue weighted by Gasteiger charge is 2.01. The smallest absolute Gasteiger partial charge is 0.176 e. The predicted octanol–water partition coefficient (Wildman–Crippen LogP) is 3.60. The van der Waals surface area contributed by atoms with Crippen LogP contribution < -0.4 is 11.2 Å². The molecule has 0 radical (unpaired) electrons. The van der Waals surface area contributed by atoms with Crippen LogP contribution in [0, 0.1) is 5.41 Å². The molecule has 0 aliphatic rings. The summed E-state index contributed by atoms with van der Waals surface area (Å²) in [5, 5.41) is 18.3. The molecule has 0 unspecified atom stereocenters. The summed E-state index contributed by atoms with van der Waals surface area (Å²) in [6, 6.07) is 15.0. The van der Waals surface area contributed by atoms with Gasteiger partial charge in [0, 0.05) is 22.8 Å². The minimum Gasteiger partial charge on any atom is -0.381 e. The van der Waals surface area contributed by atoms with Crippen molar-refractivity contribution >= 4 is 23.1 Å². The molecule has 0 aliphatic carbocycles. The van der Waals surface area contributed by atoms with Crippen molar-refractivity contribution in [3.05, 3.63) is 64.7 Å². The molecule has 0 aromatic heterocycles. The van der Waals surface area contributed by atoms with Crippen LogP contribution in [0.15, 0.2) is 58.9 Å². The van der Waals surface area contributed by atoms with Crippen LogP contribution in [0.1, 0.15) is 11.1 Å². The number of hydrogen-bond donors (Lipinski definition) is 3. The first kappa shape index (κ1) is 14.0. The van der Waals surface area contributed by atoms with Gasteiger partial charge in [-0.2, -0.15) is 0 Å². The maximum atomic E-state index is 7.66. The molecule has 102 valence electrons. The van der Waals surface area contributed by atoms with Gasteiger partial charge < -0.3 is 11.2 Å². The van der Waals surface area contributed by atoms with Crippen LogP contribution >= 0.6 is 11.6 Å². The summed E-state index contributed by atoms with van der Waals surface area (Å²) in [7, 11) is 0. The van der Waals surface area contributed by atoms with E-state index >= 15 is 0 Å². The van der Waals surface area contributed by atoms with Crippen LogP contribution in [0.4, 0.5) is 5.69 Å². The molecular weight excluding hydrogens is 274 g/mol. The highest BCUT2D eigenvalue weighted by molar-refractivity contribution is 6.30. The first-order valence-electron chi connectivity index (χ1n) is 5.97. The number of halogens is 1. The minimum absolute atomic E-state index is 0.0302. The van der Waals surface area contributed by atoms with Crippen LogP contribution in [0.25, 0.3) is 0 Å². The number of amidine groups is 1. The van der Waals surface area contributed by atoms with Gasteiger partial charge in [-0.05, 0) is 29.8 Å². The molecule has 0 bridgehead atoms. The second kappa shape index (κ2) is 6.68. The Hall–Kier alpha value is -2.40. The molecule has 0 fully saturated rings. The zero-order valence-electron chi connectivity index (χ0n) is 10.7. The van der Waals surface area contributed by atoms with Crippen molar-refractivity contribution in [3.63, 3.8) is 0 Å². The van der Waals surface area contributed by atoms with Crippen molar-refractivity contribution in [3.8, 4) is 0 Å². The molecule has 2 rings (SSSR count). The van der Waals surface area contributed by atoms with E-state index in [-0.39, 0.29) is 5.84 Å². The van der Waals surface area contributed by atoms with Gasteiger partial charge in [-0.3, -0.25) is 5.41 Å². The molecule has 4 N–H and O–H groups in total. The Morgan fingerprint density at radius 2 is 1.95 bits per heavy atom. The van der Waals surface area contributed by atoms with Gasteiger partial charge in [0.25, 0.3) is 0 Å². The van der Waals surface area contributed by atoms with E-state index in [4.69, 9.17) is 22.9 Å². The first-order chi connectivity index (χ1) is 9.69. The van der Waals surface area contributed by atoms with E-state index in [1.807, 2.05) is 42.5 Å². The van der Waals surface area contributed by atoms with E-state index in [2.05, 4.69) is 15.7 Å². The standard InChI is InChI=1S/C14H14ClN5/c15-12-6-4-10(5-7-12)9-18-13-3-1-2-11(8-13)14(16)19-20-17/h1-8,18H,9H2,(H3,16,17,19). The fraction of sp³-hybridized carbons (Fsp3) is 0.0714. The van der Waals surface area contributed by atoms with Gasteiger partial charge in [-0.25, -0.2) is 0 Å². The fourth-order valence-corrected chi connectivity index (χ4v) is 1.82. The Balaban J connectivity index is 2.04. The zero-order valence-corrected chi connectivity index (χ0v) is 11.4. The number of anilines is 1. The summed E-state index contributed by atoms with van der Waals surface area (Å²) >= 11 is 5.84. The topological polar surface area (TPSA) is 86.6 Å². The van der Waals surface area contributed by atoms with Gasteiger partial charge >= 0.3 is 0 Å². The lowest BCUT2D eigenvalue weighted by molar-refractivity contribution is 1.07. The number of hydrogen-bond acceptors (Lipinski definition) is 3. The molecule has 2 aromatic rings. The molecule has 20 heavy (non-hydrogen) atoms. The lowest BCUT2D eigenvalue weighted by atomic mass is 10.1. The summed E-state index contributed by atoms with van der Waals surface area (Å²) in [4.78, 5) is 0. The number of nitrogens with one attached hydrogen (secondary N) is 2. The molecule has 6 heteroatoms. The van der Waals surface area contributed by atoms with Crippen molar-refractivity contribution in [2.24, 2.45) is 16.2 Å². The average molecular weight is 288 g/mol. The van der Waals surface area contributed by atoms with E-state index in [0.29, 0.717) is 12.1 Å². The number of nitrogens with zero attached hydrogens (tertiary/aromatic N) is 2. The normalized spacial score (nSPS) is 10.7. The summed E-state index contributed by atoms with van der Waals surface area (Å²) in [6.45, 7) is 0.673. The quantitative estimate of drug-likeness (QED) is 0.264. The van der Waals surface area contributed by atoms with Crippen LogP contribution in [0.5, 0.6) is 0 Å². The third kappa shape index (κ3) is 3.80. The molecule has 0 heterocycles. The molecule has 0 saturated heterocycles. The summed E-state index contributed by atoms with van der Waals surface area (Å²) in [5.41, 5.74) is 2.67.